The number of hydrogen-bond acceptors (Lipinski definition) is 3. The van der Waals surface area contributed by atoms with Crippen molar-refractivity contribution in [3.63, 3.8) is 0 Å². The molecular formula is C10H10FN3O. The standard InChI is InChI=1S/C10H10FN3O/c1-14(4-2-3-12)10(15)8-5-9(11)7-13-6-8/h5-7H,2,4H2,1H3. The van der Waals surface area contributed by atoms with E-state index < -0.39 is 5.82 Å². The number of carbonyl (C=O) groups excluding carboxylic acids is 1. The molecule has 0 unspecified atom stereocenters. The van der Waals surface area contributed by atoms with E-state index in [1.165, 1.54) is 11.1 Å². The minimum absolute atomic E-state index is 0.190. The summed E-state index contributed by atoms with van der Waals surface area (Å²) in [6.45, 7) is 0.325. The Labute approximate surface area is 87.0 Å². The van der Waals surface area contributed by atoms with Crippen molar-refractivity contribution in [2.75, 3.05) is 13.6 Å². The van der Waals surface area contributed by atoms with Gasteiger partial charge in [-0.25, -0.2) is 4.39 Å². The number of rotatable bonds is 3. The van der Waals surface area contributed by atoms with Crippen molar-refractivity contribution in [1.29, 1.82) is 5.26 Å². The Morgan fingerprint density at radius 2 is 2.40 bits per heavy atom. The molecule has 0 atom stereocenters. The first-order valence-electron chi connectivity index (χ1n) is 4.38. The monoisotopic (exact) mass is 207 g/mol. The second kappa shape index (κ2) is 5.05. The predicted octanol–water partition coefficient (Wildman–Crippen LogP) is 1.21. The third kappa shape index (κ3) is 3.02. The first-order valence-corrected chi connectivity index (χ1v) is 4.38. The molecule has 0 aliphatic rings. The molecule has 0 radical (unpaired) electrons. The SMILES string of the molecule is CN(CCC#N)C(=O)c1cncc(F)c1. The largest absolute Gasteiger partial charge is 0.341 e. The molecule has 0 N–H and O–H groups in total. The van der Waals surface area contributed by atoms with Gasteiger partial charge < -0.3 is 4.90 Å². The molecule has 1 aromatic heterocycles. The van der Waals surface area contributed by atoms with Gasteiger partial charge in [0.15, 0.2) is 0 Å². The molecule has 0 aliphatic carbocycles. The van der Waals surface area contributed by atoms with Crippen molar-refractivity contribution in [1.82, 2.24) is 9.88 Å². The van der Waals surface area contributed by atoms with Gasteiger partial charge in [-0.2, -0.15) is 5.26 Å². The highest BCUT2D eigenvalue weighted by Gasteiger charge is 2.11. The predicted molar refractivity (Wildman–Crippen MR) is 51.4 cm³/mol. The third-order valence-electron chi connectivity index (χ3n) is 1.86. The lowest BCUT2D eigenvalue weighted by atomic mass is 10.2. The number of aromatic nitrogens is 1. The van der Waals surface area contributed by atoms with E-state index in [0.29, 0.717) is 6.54 Å². The van der Waals surface area contributed by atoms with E-state index in [1.54, 1.807) is 7.05 Å². The molecule has 0 spiro atoms. The van der Waals surface area contributed by atoms with Gasteiger partial charge in [0, 0.05) is 19.8 Å². The van der Waals surface area contributed by atoms with Gasteiger partial charge in [0.05, 0.1) is 24.3 Å². The van der Waals surface area contributed by atoms with Crippen molar-refractivity contribution < 1.29 is 9.18 Å². The molecule has 0 aliphatic heterocycles. The van der Waals surface area contributed by atoms with Crippen LogP contribution in [0.3, 0.4) is 0 Å². The molecular weight excluding hydrogens is 197 g/mol. The van der Waals surface area contributed by atoms with Gasteiger partial charge in [0.25, 0.3) is 5.91 Å². The molecule has 4 nitrogen and oxygen atoms in total. The highest BCUT2D eigenvalue weighted by atomic mass is 19.1. The zero-order chi connectivity index (χ0) is 11.3. The van der Waals surface area contributed by atoms with Crippen molar-refractivity contribution >= 4 is 5.91 Å². The first kappa shape index (κ1) is 11.1. The lowest BCUT2D eigenvalue weighted by molar-refractivity contribution is 0.0797. The van der Waals surface area contributed by atoms with Crippen LogP contribution in [0.2, 0.25) is 0 Å². The van der Waals surface area contributed by atoms with Crippen LogP contribution in [0.5, 0.6) is 0 Å². The van der Waals surface area contributed by atoms with Crippen LogP contribution in [0, 0.1) is 17.1 Å². The van der Waals surface area contributed by atoms with Crippen LogP contribution in [-0.4, -0.2) is 29.4 Å². The summed E-state index contributed by atoms with van der Waals surface area (Å²) in [6, 6.07) is 3.06. The topological polar surface area (TPSA) is 57.0 Å². The normalized spacial score (nSPS) is 9.40. The van der Waals surface area contributed by atoms with Crippen LogP contribution in [0.15, 0.2) is 18.5 Å². The summed E-state index contributed by atoms with van der Waals surface area (Å²) < 4.78 is 12.8. The molecule has 0 saturated heterocycles. The molecule has 0 bridgehead atoms. The lowest BCUT2D eigenvalue weighted by Crippen LogP contribution is -2.27. The van der Waals surface area contributed by atoms with E-state index in [0.717, 1.165) is 12.3 Å². The number of nitriles is 1. The van der Waals surface area contributed by atoms with E-state index >= 15 is 0 Å². The molecule has 1 rings (SSSR count). The average Bonchev–Trinajstić information content (AvgIpc) is 2.24. The summed E-state index contributed by atoms with van der Waals surface area (Å²) in [5, 5.41) is 8.35. The molecule has 5 heteroatoms. The summed E-state index contributed by atoms with van der Waals surface area (Å²) in [4.78, 5) is 16.6. The Balaban J connectivity index is 2.72. The summed E-state index contributed by atoms with van der Waals surface area (Å²) in [5.74, 6) is -0.883. The molecule has 1 aromatic rings. The van der Waals surface area contributed by atoms with E-state index in [1.807, 2.05) is 6.07 Å². The van der Waals surface area contributed by atoms with Crippen molar-refractivity contribution in [2.45, 2.75) is 6.42 Å². The molecule has 1 amide bonds. The minimum Gasteiger partial charge on any atom is -0.341 e. The fourth-order valence-corrected chi connectivity index (χ4v) is 1.07. The van der Waals surface area contributed by atoms with Crippen molar-refractivity contribution in [3.05, 3.63) is 29.8 Å². The first-order chi connectivity index (χ1) is 7.15. The van der Waals surface area contributed by atoms with Gasteiger partial charge in [-0.15, -0.1) is 0 Å². The zero-order valence-electron chi connectivity index (χ0n) is 8.27. The molecule has 1 heterocycles. The van der Waals surface area contributed by atoms with Gasteiger partial charge in [0.2, 0.25) is 0 Å². The van der Waals surface area contributed by atoms with Crippen LogP contribution < -0.4 is 0 Å². The molecule has 78 valence electrons. The fourth-order valence-electron chi connectivity index (χ4n) is 1.07. The highest BCUT2D eigenvalue weighted by Crippen LogP contribution is 2.04. The van der Waals surface area contributed by atoms with Gasteiger partial charge in [-0.1, -0.05) is 0 Å². The van der Waals surface area contributed by atoms with Crippen LogP contribution in [-0.2, 0) is 0 Å². The number of carbonyl (C=O) groups is 1. The van der Waals surface area contributed by atoms with Crippen molar-refractivity contribution in [3.8, 4) is 6.07 Å². The number of hydrogen-bond donors (Lipinski definition) is 0. The Bertz CT molecular complexity index is 400. The average molecular weight is 207 g/mol. The van der Waals surface area contributed by atoms with Crippen molar-refractivity contribution in [2.24, 2.45) is 0 Å². The number of nitrogens with zero attached hydrogens (tertiary/aromatic N) is 3. The van der Waals surface area contributed by atoms with Gasteiger partial charge in [-0.3, -0.25) is 9.78 Å². The van der Waals surface area contributed by atoms with E-state index in [9.17, 15) is 9.18 Å². The van der Waals surface area contributed by atoms with Gasteiger partial charge in [0.1, 0.15) is 5.82 Å². The van der Waals surface area contributed by atoms with Crippen LogP contribution in [0.25, 0.3) is 0 Å². The summed E-state index contributed by atoms with van der Waals surface area (Å²) >= 11 is 0. The Morgan fingerprint density at radius 3 is 3.00 bits per heavy atom. The summed E-state index contributed by atoms with van der Waals surface area (Å²) in [7, 11) is 1.56. The number of halogens is 1. The summed E-state index contributed by atoms with van der Waals surface area (Å²) in [6.07, 6.45) is 2.59. The Morgan fingerprint density at radius 1 is 1.67 bits per heavy atom. The lowest BCUT2D eigenvalue weighted by Gasteiger charge is -2.14. The Kier molecular flexibility index (Phi) is 3.75. The minimum atomic E-state index is -0.547. The number of amides is 1. The van der Waals surface area contributed by atoms with E-state index in [2.05, 4.69) is 4.98 Å². The quantitative estimate of drug-likeness (QED) is 0.748. The fraction of sp³-hybridized carbons (Fsp3) is 0.300. The van der Waals surface area contributed by atoms with Gasteiger partial charge >= 0.3 is 0 Å². The van der Waals surface area contributed by atoms with E-state index in [-0.39, 0.29) is 17.9 Å². The summed E-state index contributed by atoms with van der Waals surface area (Å²) in [5.41, 5.74) is 0.190. The van der Waals surface area contributed by atoms with Gasteiger partial charge in [-0.05, 0) is 6.07 Å². The van der Waals surface area contributed by atoms with Crippen LogP contribution in [0.1, 0.15) is 16.8 Å². The molecule has 0 aromatic carbocycles. The van der Waals surface area contributed by atoms with Crippen LogP contribution >= 0.6 is 0 Å². The van der Waals surface area contributed by atoms with E-state index in [4.69, 9.17) is 5.26 Å². The molecule has 0 saturated carbocycles. The smallest absolute Gasteiger partial charge is 0.255 e. The second-order valence-corrected chi connectivity index (χ2v) is 3.03. The maximum absolute atomic E-state index is 12.8. The second-order valence-electron chi connectivity index (χ2n) is 3.03. The van der Waals surface area contributed by atoms with Crippen LogP contribution in [0.4, 0.5) is 4.39 Å². The maximum atomic E-state index is 12.8. The highest BCUT2D eigenvalue weighted by molar-refractivity contribution is 5.93. The molecule has 0 fully saturated rings. The third-order valence-corrected chi connectivity index (χ3v) is 1.86. The zero-order valence-corrected chi connectivity index (χ0v) is 8.27. The molecule has 15 heavy (non-hydrogen) atoms. The Hall–Kier alpha value is -1.96. The maximum Gasteiger partial charge on any atom is 0.255 e. The number of pyridine rings is 1.